The van der Waals surface area contributed by atoms with Crippen LogP contribution in [0.5, 0.6) is 0 Å². The molecule has 1 fully saturated rings. The number of nitrogens with zero attached hydrogens (tertiary/aromatic N) is 6. The Balaban J connectivity index is 1.49. The maximum Gasteiger partial charge on any atom is 0.338 e. The zero-order valence-corrected chi connectivity index (χ0v) is 32.8. The molecule has 0 radical (unpaired) electrons. The minimum absolute atomic E-state index is 0.00196. The largest absolute Gasteiger partial charge is 0.452 e. The molecule has 2 aromatic heterocycles. The summed E-state index contributed by atoms with van der Waals surface area (Å²) in [6.45, 7) is 10.5. The summed E-state index contributed by atoms with van der Waals surface area (Å²) in [6, 6.07) is 25.1. The molecule has 3 heterocycles. The molecule has 0 saturated carbocycles. The van der Waals surface area contributed by atoms with Crippen LogP contribution >= 0.6 is 0 Å². The summed E-state index contributed by atoms with van der Waals surface area (Å²) >= 11 is 0. The number of hydrogen-bond donors (Lipinski definition) is 0. The molecular formula is C40H44N6O8Si. The molecule has 15 heteroatoms. The number of aliphatic imine (C=N–C) groups is 1. The highest BCUT2D eigenvalue weighted by Gasteiger charge is 2.52. The van der Waals surface area contributed by atoms with E-state index < -0.39 is 56.3 Å². The molecule has 55 heavy (non-hydrogen) atoms. The van der Waals surface area contributed by atoms with Gasteiger partial charge in [-0.3, -0.25) is 14.2 Å². The van der Waals surface area contributed by atoms with Gasteiger partial charge in [0.25, 0.3) is 11.5 Å². The monoisotopic (exact) mass is 764 g/mol. The Morgan fingerprint density at radius 2 is 1.38 bits per heavy atom. The summed E-state index contributed by atoms with van der Waals surface area (Å²) in [4.78, 5) is 70.4. The number of esters is 2. The Morgan fingerprint density at radius 3 is 1.91 bits per heavy atom. The van der Waals surface area contributed by atoms with Gasteiger partial charge in [0, 0.05) is 19.7 Å². The molecule has 1 saturated heterocycles. The Labute approximate surface area is 319 Å². The van der Waals surface area contributed by atoms with Gasteiger partial charge in [-0.2, -0.15) is 4.98 Å². The molecule has 0 spiro atoms. The Kier molecular flexibility index (Phi) is 11.3. The van der Waals surface area contributed by atoms with E-state index in [2.05, 4.69) is 48.8 Å². The minimum Gasteiger partial charge on any atom is -0.452 e. The van der Waals surface area contributed by atoms with Crippen LogP contribution in [-0.2, 0) is 18.6 Å². The summed E-state index contributed by atoms with van der Waals surface area (Å²) in [5.74, 6) is -2.23. The van der Waals surface area contributed by atoms with Gasteiger partial charge in [-0.15, -0.1) is 0 Å². The first-order valence-electron chi connectivity index (χ1n) is 17.8. The highest BCUT2D eigenvalue weighted by molar-refractivity contribution is 6.74. The first-order valence-corrected chi connectivity index (χ1v) is 20.7. The maximum atomic E-state index is 14.1. The van der Waals surface area contributed by atoms with E-state index in [1.165, 1.54) is 17.2 Å². The van der Waals surface area contributed by atoms with Crippen molar-refractivity contribution in [2.24, 2.45) is 4.99 Å². The number of aromatic nitrogens is 4. The molecule has 0 bridgehead atoms. The second-order valence-electron chi connectivity index (χ2n) is 14.9. The molecule has 4 atom stereocenters. The third-order valence-electron chi connectivity index (χ3n) is 9.69. The third-order valence-corrected chi connectivity index (χ3v) is 14.2. The van der Waals surface area contributed by atoms with Crippen molar-refractivity contribution in [1.29, 1.82) is 0 Å². The number of benzene rings is 3. The Morgan fingerprint density at radius 1 is 0.855 bits per heavy atom. The predicted molar refractivity (Wildman–Crippen MR) is 208 cm³/mol. The number of carbonyl (C=O) groups is 3. The normalized spacial score (nSPS) is 18.7. The van der Waals surface area contributed by atoms with Crippen LogP contribution in [0.15, 0.2) is 107 Å². The van der Waals surface area contributed by atoms with E-state index in [0.29, 0.717) is 0 Å². The highest BCUT2D eigenvalue weighted by atomic mass is 28.4. The number of carbonyl (C=O) groups excluding carboxylic acids is 3. The summed E-state index contributed by atoms with van der Waals surface area (Å²) in [7, 11) is 1.08. The fourth-order valence-corrected chi connectivity index (χ4v) is 6.68. The third kappa shape index (κ3) is 8.33. The van der Waals surface area contributed by atoms with Crippen LogP contribution in [0.1, 0.15) is 58.1 Å². The van der Waals surface area contributed by atoms with Crippen molar-refractivity contribution in [1.82, 2.24) is 24.0 Å². The minimum atomic E-state index is -2.38. The molecular weight excluding hydrogens is 721 g/mol. The van der Waals surface area contributed by atoms with Crippen molar-refractivity contribution in [3.63, 3.8) is 0 Å². The molecule has 0 aliphatic carbocycles. The van der Waals surface area contributed by atoms with Crippen molar-refractivity contribution in [3.8, 4) is 0 Å². The second kappa shape index (κ2) is 15.9. The molecule has 1 aliphatic heterocycles. The van der Waals surface area contributed by atoms with Gasteiger partial charge in [0.05, 0.1) is 30.4 Å². The molecule has 14 nitrogen and oxygen atoms in total. The number of rotatable bonds is 11. The standard InChI is InChI=1S/C40H44N6O8Si/c1-40(2,3)55(6,7)51-23-29-31(53-37(49)27-19-13-9-14-20-27)32(54-38(50)28-21-15-10-16-22-28)36(52-29)45-25-41-30-33(45)43-39(42-24-44(4)5)46(35(30)48)34(47)26-17-11-8-12-18-26/h8-22,24-25,29,31-32,36H,23H2,1-7H3/b42-24+/t29-,31-,32-,36-/m1/s1. The predicted octanol–water partition coefficient (Wildman–Crippen LogP) is 5.87. The number of ether oxygens (including phenoxy) is 3. The van der Waals surface area contributed by atoms with Crippen molar-refractivity contribution in [2.75, 3.05) is 20.7 Å². The maximum absolute atomic E-state index is 14.1. The molecule has 1 aliphatic rings. The average molecular weight is 765 g/mol. The van der Waals surface area contributed by atoms with Crippen molar-refractivity contribution >= 4 is 49.6 Å². The van der Waals surface area contributed by atoms with Crippen molar-refractivity contribution in [3.05, 3.63) is 124 Å². The lowest BCUT2D eigenvalue weighted by Gasteiger charge is -2.37. The fourth-order valence-electron chi connectivity index (χ4n) is 5.66. The molecule has 5 aromatic rings. The van der Waals surface area contributed by atoms with Crippen LogP contribution in [0.4, 0.5) is 5.95 Å². The SMILES string of the molecule is CN(C)/C=N/c1nc2c(ncn2[C@@H]2O[C@H](CO[Si](C)(C)C(C)(C)C)[C@@H](OC(=O)c3ccccc3)[C@H]2OC(=O)c2ccccc2)c(=O)n1C(=O)c1ccccc1. The van der Waals surface area contributed by atoms with E-state index in [4.69, 9.17) is 18.6 Å². The lowest BCUT2D eigenvalue weighted by Crippen LogP contribution is -2.46. The van der Waals surface area contributed by atoms with Crippen LogP contribution in [-0.4, -0.2) is 95.5 Å². The van der Waals surface area contributed by atoms with Crippen LogP contribution < -0.4 is 5.56 Å². The lowest BCUT2D eigenvalue weighted by atomic mass is 10.1. The van der Waals surface area contributed by atoms with E-state index in [1.54, 1.807) is 110 Å². The number of imidazole rings is 1. The van der Waals surface area contributed by atoms with E-state index >= 15 is 0 Å². The van der Waals surface area contributed by atoms with Gasteiger partial charge in [-0.25, -0.2) is 24.1 Å². The van der Waals surface area contributed by atoms with Gasteiger partial charge in [0.1, 0.15) is 6.10 Å². The van der Waals surface area contributed by atoms with Gasteiger partial charge in [0.15, 0.2) is 37.9 Å². The van der Waals surface area contributed by atoms with Gasteiger partial charge in [0.2, 0.25) is 5.95 Å². The van der Waals surface area contributed by atoms with E-state index in [-0.39, 0.29) is 45.4 Å². The Bertz CT molecular complexity index is 2250. The summed E-state index contributed by atoms with van der Waals surface area (Å²) in [5.41, 5.74) is -0.159. The summed E-state index contributed by atoms with van der Waals surface area (Å²) in [6.07, 6.45) is -1.90. The molecule has 3 aromatic carbocycles. The van der Waals surface area contributed by atoms with Crippen LogP contribution in [0.2, 0.25) is 18.1 Å². The highest BCUT2D eigenvalue weighted by Crippen LogP contribution is 2.40. The van der Waals surface area contributed by atoms with Gasteiger partial charge >= 0.3 is 11.9 Å². The zero-order chi connectivity index (χ0) is 39.5. The van der Waals surface area contributed by atoms with Gasteiger partial charge in [-0.1, -0.05) is 75.4 Å². The van der Waals surface area contributed by atoms with Crippen molar-refractivity contribution in [2.45, 2.75) is 63.4 Å². The lowest BCUT2D eigenvalue weighted by molar-refractivity contribution is -0.0551. The van der Waals surface area contributed by atoms with Crippen LogP contribution in [0.25, 0.3) is 11.2 Å². The van der Waals surface area contributed by atoms with E-state index in [9.17, 15) is 19.2 Å². The molecule has 0 amide bonds. The number of fused-ring (bicyclic) bond motifs is 1. The zero-order valence-electron chi connectivity index (χ0n) is 31.8. The first-order chi connectivity index (χ1) is 26.2. The summed E-state index contributed by atoms with van der Waals surface area (Å²) < 4.78 is 27.9. The Hall–Kier alpha value is -5.77. The van der Waals surface area contributed by atoms with Crippen LogP contribution in [0.3, 0.4) is 0 Å². The van der Waals surface area contributed by atoms with Crippen LogP contribution in [0, 0.1) is 0 Å². The summed E-state index contributed by atoms with van der Waals surface area (Å²) in [5, 5.41) is -0.161. The topological polar surface area (TPSA) is 156 Å². The molecule has 0 unspecified atom stereocenters. The second-order valence-corrected chi connectivity index (χ2v) is 19.7. The molecule has 0 N–H and O–H groups in total. The smallest absolute Gasteiger partial charge is 0.338 e. The quantitative estimate of drug-likeness (QED) is 0.0686. The van der Waals surface area contributed by atoms with Crippen molar-refractivity contribution < 1.29 is 33.0 Å². The number of hydrogen-bond acceptors (Lipinski definition) is 11. The molecule has 286 valence electrons. The van der Waals surface area contributed by atoms with E-state index in [1.807, 2.05) is 0 Å². The molecule has 6 rings (SSSR count). The van der Waals surface area contributed by atoms with Gasteiger partial charge in [-0.05, 0) is 54.5 Å². The fraction of sp³-hybridized carbons (Fsp3) is 0.325. The average Bonchev–Trinajstić information content (AvgIpc) is 3.74. The first kappa shape index (κ1) is 38.9. The van der Waals surface area contributed by atoms with E-state index in [0.717, 1.165) is 4.57 Å². The van der Waals surface area contributed by atoms with Gasteiger partial charge < -0.3 is 23.5 Å².